The fourth-order valence-electron chi connectivity index (χ4n) is 3.97. The smallest absolute Gasteiger partial charge is 0.326 e. The number of hydrogen-bond acceptors (Lipinski definition) is 7. The van der Waals surface area contributed by atoms with Crippen molar-refractivity contribution in [3.63, 3.8) is 0 Å². The molecule has 0 aliphatic carbocycles. The molecular weight excluding hydrogens is 512 g/mol. The minimum atomic E-state index is -1.07. The lowest BCUT2D eigenvalue weighted by atomic mass is 9.99. The molecule has 9 nitrogen and oxygen atoms in total. The van der Waals surface area contributed by atoms with E-state index in [9.17, 15) is 14.7 Å². The summed E-state index contributed by atoms with van der Waals surface area (Å²) in [7, 11) is 0. The Hall–Kier alpha value is -4.02. The van der Waals surface area contributed by atoms with Gasteiger partial charge in [-0.1, -0.05) is 43.2 Å². The number of carbonyl (C=O) groups is 2. The highest BCUT2D eigenvalue weighted by Crippen LogP contribution is 2.31. The highest BCUT2D eigenvalue weighted by molar-refractivity contribution is 7.22. The highest BCUT2D eigenvalue weighted by Gasteiger charge is 2.27. The van der Waals surface area contributed by atoms with Crippen LogP contribution < -0.4 is 10.6 Å². The molecule has 188 valence electrons. The Bertz CT molecular complexity index is 1610. The van der Waals surface area contributed by atoms with E-state index < -0.39 is 17.9 Å². The van der Waals surface area contributed by atoms with Crippen molar-refractivity contribution >= 4 is 61.5 Å². The number of nitrogens with zero attached hydrogens (tertiary/aromatic N) is 4. The molecule has 0 aliphatic heterocycles. The first-order valence-corrected chi connectivity index (χ1v) is 12.8. The van der Waals surface area contributed by atoms with E-state index in [1.807, 2.05) is 49.4 Å². The summed E-state index contributed by atoms with van der Waals surface area (Å²) in [4.78, 5) is 29.2. The molecule has 3 N–H and O–H groups in total. The predicted octanol–water partition coefficient (Wildman–Crippen LogP) is 5.63. The average Bonchev–Trinajstić information content (AvgIpc) is 3.50. The van der Waals surface area contributed by atoms with Gasteiger partial charge in [0, 0.05) is 22.5 Å². The van der Waals surface area contributed by atoms with Gasteiger partial charge in [-0.05, 0) is 60.5 Å². The van der Waals surface area contributed by atoms with Crippen LogP contribution in [-0.4, -0.2) is 42.6 Å². The van der Waals surface area contributed by atoms with Gasteiger partial charge < -0.3 is 15.7 Å². The molecule has 5 aromatic rings. The summed E-state index contributed by atoms with van der Waals surface area (Å²) in [5.41, 5.74) is 3.13. The number of aliphatic carboxylic acids is 1. The van der Waals surface area contributed by atoms with E-state index in [1.54, 1.807) is 29.7 Å². The summed E-state index contributed by atoms with van der Waals surface area (Å²) in [6, 6.07) is 15.5. The molecule has 1 amide bonds. The Morgan fingerprint density at radius 3 is 2.65 bits per heavy atom. The van der Waals surface area contributed by atoms with E-state index in [-0.39, 0.29) is 11.5 Å². The molecule has 0 saturated carbocycles. The van der Waals surface area contributed by atoms with Crippen LogP contribution in [0, 0.1) is 5.92 Å². The van der Waals surface area contributed by atoms with Crippen LogP contribution in [0.15, 0.2) is 60.8 Å². The van der Waals surface area contributed by atoms with Crippen molar-refractivity contribution in [3.05, 3.63) is 71.4 Å². The zero-order chi connectivity index (χ0) is 26.1. The van der Waals surface area contributed by atoms with Gasteiger partial charge in [-0.25, -0.2) is 9.78 Å². The normalized spacial score (nSPS) is 12.9. The molecule has 2 atom stereocenters. The second-order valence-corrected chi connectivity index (χ2v) is 10.1. The van der Waals surface area contributed by atoms with Gasteiger partial charge in [0.1, 0.15) is 6.04 Å². The zero-order valence-corrected chi connectivity index (χ0v) is 21.5. The molecule has 0 saturated heterocycles. The van der Waals surface area contributed by atoms with Crippen LogP contribution in [0.3, 0.4) is 0 Å². The van der Waals surface area contributed by atoms with Crippen LogP contribution >= 0.6 is 22.9 Å². The topological polar surface area (TPSA) is 122 Å². The number of pyridine rings is 1. The van der Waals surface area contributed by atoms with Gasteiger partial charge in [0.05, 0.1) is 15.8 Å². The van der Waals surface area contributed by atoms with Crippen LogP contribution in [-0.2, 0) is 4.79 Å². The fraction of sp³-hybridized carbons (Fsp3) is 0.192. The number of nitrogens with one attached hydrogen (secondary N) is 2. The Kier molecular flexibility index (Phi) is 6.77. The first-order valence-electron chi connectivity index (χ1n) is 11.6. The molecular formula is C26H23ClN6O3S. The number of benzene rings is 2. The van der Waals surface area contributed by atoms with Crippen molar-refractivity contribution < 1.29 is 14.7 Å². The summed E-state index contributed by atoms with van der Waals surface area (Å²) in [6.07, 6.45) is 2.39. The highest BCUT2D eigenvalue weighted by atomic mass is 35.5. The number of anilines is 2. The molecule has 3 aromatic heterocycles. The van der Waals surface area contributed by atoms with Crippen LogP contribution in [0.1, 0.15) is 30.6 Å². The maximum Gasteiger partial charge on any atom is 0.326 e. The number of carboxylic acid groups (broad SMARTS) is 1. The number of thiazole rings is 1. The van der Waals surface area contributed by atoms with Gasteiger partial charge in [0.15, 0.2) is 16.6 Å². The number of carboxylic acids is 1. The summed E-state index contributed by atoms with van der Waals surface area (Å²) in [5, 5.41) is 25.4. The van der Waals surface area contributed by atoms with Crippen LogP contribution in [0.4, 0.5) is 10.8 Å². The van der Waals surface area contributed by atoms with Gasteiger partial charge in [0.2, 0.25) is 0 Å². The van der Waals surface area contributed by atoms with Gasteiger partial charge in [-0.15, -0.1) is 10.2 Å². The summed E-state index contributed by atoms with van der Waals surface area (Å²) >= 11 is 7.59. The summed E-state index contributed by atoms with van der Waals surface area (Å²) in [6.45, 7) is 3.67. The largest absolute Gasteiger partial charge is 0.480 e. The lowest BCUT2D eigenvalue weighted by Gasteiger charge is -2.20. The van der Waals surface area contributed by atoms with E-state index in [0.717, 1.165) is 26.6 Å². The molecule has 0 aliphatic rings. The Morgan fingerprint density at radius 1 is 1.14 bits per heavy atom. The molecule has 11 heteroatoms. The summed E-state index contributed by atoms with van der Waals surface area (Å²) < 4.78 is 2.72. The first-order chi connectivity index (χ1) is 17.8. The average molecular weight is 535 g/mol. The van der Waals surface area contributed by atoms with Gasteiger partial charge in [-0.3, -0.25) is 9.20 Å². The number of rotatable bonds is 8. The maximum absolute atomic E-state index is 13.0. The van der Waals surface area contributed by atoms with Crippen molar-refractivity contribution in [2.75, 3.05) is 5.32 Å². The molecule has 2 aromatic carbocycles. The third-order valence-electron chi connectivity index (χ3n) is 6.19. The van der Waals surface area contributed by atoms with Crippen molar-refractivity contribution in [2.45, 2.75) is 26.3 Å². The van der Waals surface area contributed by atoms with E-state index in [1.165, 1.54) is 11.3 Å². The minimum absolute atomic E-state index is 0.220. The first kappa shape index (κ1) is 24.7. The lowest BCUT2D eigenvalue weighted by molar-refractivity contribution is -0.140. The predicted molar refractivity (Wildman–Crippen MR) is 145 cm³/mol. The van der Waals surface area contributed by atoms with Crippen LogP contribution in [0.2, 0.25) is 5.02 Å². The summed E-state index contributed by atoms with van der Waals surface area (Å²) in [5.74, 6) is -1.24. The van der Waals surface area contributed by atoms with Crippen molar-refractivity contribution in [1.29, 1.82) is 0 Å². The number of fused-ring (bicyclic) bond motifs is 2. The van der Waals surface area contributed by atoms with Gasteiger partial charge >= 0.3 is 5.97 Å². The Labute approximate surface area is 221 Å². The molecule has 3 heterocycles. The van der Waals surface area contributed by atoms with Crippen LogP contribution in [0.25, 0.3) is 27.3 Å². The zero-order valence-electron chi connectivity index (χ0n) is 20.0. The Morgan fingerprint density at radius 2 is 1.92 bits per heavy atom. The quantitative estimate of drug-likeness (QED) is 0.236. The molecule has 37 heavy (non-hydrogen) atoms. The molecule has 0 radical (unpaired) electrons. The minimum Gasteiger partial charge on any atom is -0.480 e. The molecule has 0 unspecified atom stereocenters. The number of hydrogen-bond donors (Lipinski definition) is 3. The number of halogens is 1. The second kappa shape index (κ2) is 10.2. The third kappa shape index (κ3) is 4.98. The Balaban J connectivity index is 1.38. The third-order valence-corrected chi connectivity index (χ3v) is 7.36. The lowest BCUT2D eigenvalue weighted by Crippen LogP contribution is -2.45. The molecule has 5 rings (SSSR count). The van der Waals surface area contributed by atoms with E-state index in [0.29, 0.717) is 22.9 Å². The van der Waals surface area contributed by atoms with E-state index in [2.05, 4.69) is 25.8 Å². The molecule has 0 fully saturated rings. The monoisotopic (exact) mass is 534 g/mol. The fourth-order valence-corrected chi connectivity index (χ4v) is 5.13. The van der Waals surface area contributed by atoms with Crippen molar-refractivity contribution in [1.82, 2.24) is 24.9 Å². The van der Waals surface area contributed by atoms with Crippen molar-refractivity contribution in [2.24, 2.45) is 5.92 Å². The number of aromatic nitrogens is 4. The number of carbonyl (C=O) groups excluding carboxylic acids is 1. The van der Waals surface area contributed by atoms with E-state index >= 15 is 0 Å². The van der Waals surface area contributed by atoms with Crippen molar-refractivity contribution in [3.8, 4) is 11.4 Å². The molecule has 0 bridgehead atoms. The SMILES string of the molecule is CC[C@H](C)[C@H](NC(=O)c1cccn2c(-c3ccc(Nc4nc5ccc(Cl)cc5s4)cc3)nnc12)C(=O)O. The van der Waals surface area contributed by atoms with E-state index in [4.69, 9.17) is 11.6 Å². The van der Waals surface area contributed by atoms with Gasteiger partial charge in [-0.2, -0.15) is 0 Å². The standard InChI is InChI=1S/C26H23ClN6O3S/c1-3-14(2)21(25(35)36)30-24(34)18-5-4-12-33-22(31-32-23(18)33)15-6-9-17(10-7-15)28-26-29-19-11-8-16(27)13-20(19)37-26/h4-14,21H,3H2,1-2H3,(H,28,29)(H,30,34)(H,35,36)/t14-,21-/m0/s1. The van der Waals surface area contributed by atoms with Crippen LogP contribution in [0.5, 0.6) is 0 Å². The molecule has 0 spiro atoms. The maximum atomic E-state index is 13.0. The van der Waals surface area contributed by atoms with Gasteiger partial charge in [0.25, 0.3) is 5.91 Å². The number of amides is 1. The second-order valence-electron chi connectivity index (χ2n) is 8.65.